The first-order valence-corrected chi connectivity index (χ1v) is 6.92. The minimum atomic E-state index is -1.26. The van der Waals surface area contributed by atoms with Gasteiger partial charge in [0.05, 0.1) is 11.4 Å². The molecule has 122 valence electrons. The van der Waals surface area contributed by atoms with Crippen LogP contribution < -0.4 is 5.56 Å². The van der Waals surface area contributed by atoms with Gasteiger partial charge in [-0.05, 0) is 26.0 Å². The highest BCUT2D eigenvalue weighted by Crippen LogP contribution is 2.16. The molecule has 0 saturated carbocycles. The molecule has 10 nitrogen and oxygen atoms in total. The monoisotopic (exact) mass is 327 g/mol. The van der Waals surface area contributed by atoms with E-state index in [1.54, 1.807) is 6.92 Å². The fraction of sp³-hybridized carbons (Fsp3) is 0.143. The molecule has 0 amide bonds. The fourth-order valence-corrected chi connectivity index (χ4v) is 2.02. The maximum Gasteiger partial charge on any atom is 0.373 e. The Morgan fingerprint density at radius 1 is 1.21 bits per heavy atom. The van der Waals surface area contributed by atoms with Crippen molar-refractivity contribution in [2.45, 2.75) is 13.8 Å². The van der Waals surface area contributed by atoms with Gasteiger partial charge < -0.3 is 5.11 Å². The van der Waals surface area contributed by atoms with Gasteiger partial charge in [0.2, 0.25) is 5.82 Å². The lowest BCUT2D eigenvalue weighted by molar-refractivity contribution is 0.0684. The Morgan fingerprint density at radius 2 is 1.92 bits per heavy atom. The summed E-state index contributed by atoms with van der Waals surface area (Å²) in [5.74, 6) is -1.79. The van der Waals surface area contributed by atoms with Gasteiger partial charge in [0.25, 0.3) is 11.5 Å². The molecular weight excluding hydrogens is 314 g/mol. The molecule has 0 bridgehead atoms. The SMILES string of the molecule is Cc1ccc(-n2[nH]c(C)c(N=Nc3n[nH]c(C(=O)O)n3)c2=O)cc1. The average molecular weight is 327 g/mol. The van der Waals surface area contributed by atoms with Gasteiger partial charge in [-0.1, -0.05) is 17.7 Å². The zero-order valence-electron chi connectivity index (χ0n) is 12.8. The molecular formula is C14H13N7O3. The number of carboxylic acid groups (broad SMARTS) is 1. The van der Waals surface area contributed by atoms with E-state index in [1.807, 2.05) is 31.2 Å². The second-order valence-corrected chi connectivity index (χ2v) is 5.05. The van der Waals surface area contributed by atoms with Gasteiger partial charge in [0.1, 0.15) is 0 Å². The number of nitrogens with zero attached hydrogens (tertiary/aromatic N) is 5. The number of carbonyl (C=O) groups is 1. The van der Waals surface area contributed by atoms with Gasteiger partial charge in [-0.25, -0.2) is 9.48 Å². The number of hydrogen-bond donors (Lipinski definition) is 3. The predicted molar refractivity (Wildman–Crippen MR) is 83.4 cm³/mol. The van der Waals surface area contributed by atoms with Gasteiger partial charge >= 0.3 is 5.97 Å². The number of carboxylic acids is 1. The van der Waals surface area contributed by atoms with E-state index in [0.717, 1.165) is 5.56 Å². The number of aryl methyl sites for hydroxylation is 2. The number of nitrogens with one attached hydrogen (secondary N) is 2. The van der Waals surface area contributed by atoms with Gasteiger partial charge in [-0.2, -0.15) is 4.98 Å². The molecule has 0 radical (unpaired) electrons. The van der Waals surface area contributed by atoms with Crippen molar-refractivity contribution in [2.24, 2.45) is 10.2 Å². The summed E-state index contributed by atoms with van der Waals surface area (Å²) in [4.78, 5) is 26.8. The van der Waals surface area contributed by atoms with Crippen molar-refractivity contribution in [3.63, 3.8) is 0 Å². The van der Waals surface area contributed by atoms with Crippen molar-refractivity contribution >= 4 is 17.6 Å². The summed E-state index contributed by atoms with van der Waals surface area (Å²) in [6.07, 6.45) is 0. The second kappa shape index (κ2) is 5.91. The Balaban J connectivity index is 1.94. The lowest BCUT2D eigenvalue weighted by Gasteiger charge is -2.01. The highest BCUT2D eigenvalue weighted by atomic mass is 16.4. The van der Waals surface area contributed by atoms with Crippen LogP contribution in [0.4, 0.5) is 11.6 Å². The predicted octanol–water partition coefficient (Wildman–Crippen LogP) is 2.01. The normalized spacial score (nSPS) is 11.2. The van der Waals surface area contributed by atoms with Crippen molar-refractivity contribution in [1.82, 2.24) is 25.0 Å². The van der Waals surface area contributed by atoms with Crippen molar-refractivity contribution < 1.29 is 9.90 Å². The van der Waals surface area contributed by atoms with Gasteiger partial charge in [0.15, 0.2) is 5.69 Å². The Hall–Kier alpha value is -3.56. The van der Waals surface area contributed by atoms with Crippen LogP contribution in [0.2, 0.25) is 0 Å². The van der Waals surface area contributed by atoms with E-state index in [4.69, 9.17) is 5.11 Å². The molecule has 2 aromatic heterocycles. The number of azo groups is 1. The molecule has 0 fully saturated rings. The fourth-order valence-electron chi connectivity index (χ4n) is 2.02. The summed E-state index contributed by atoms with van der Waals surface area (Å²) in [7, 11) is 0. The molecule has 3 N–H and O–H groups in total. The first-order valence-electron chi connectivity index (χ1n) is 6.92. The van der Waals surface area contributed by atoms with Crippen molar-refractivity contribution in [3.8, 4) is 5.69 Å². The molecule has 0 atom stereocenters. The lowest BCUT2D eigenvalue weighted by atomic mass is 10.2. The van der Waals surface area contributed by atoms with E-state index in [1.165, 1.54) is 4.68 Å². The number of rotatable bonds is 4. The zero-order chi connectivity index (χ0) is 17.3. The molecule has 1 aromatic carbocycles. The zero-order valence-corrected chi connectivity index (χ0v) is 12.8. The van der Waals surface area contributed by atoms with Crippen LogP contribution in [-0.2, 0) is 0 Å². The first-order chi connectivity index (χ1) is 11.5. The summed E-state index contributed by atoms with van der Waals surface area (Å²) in [5, 5.41) is 25.0. The lowest BCUT2D eigenvalue weighted by Crippen LogP contribution is -2.13. The summed E-state index contributed by atoms with van der Waals surface area (Å²) < 4.78 is 1.35. The molecule has 2 heterocycles. The smallest absolute Gasteiger partial charge is 0.373 e. The van der Waals surface area contributed by atoms with Crippen molar-refractivity contribution in [1.29, 1.82) is 0 Å². The molecule has 0 spiro atoms. The molecule has 24 heavy (non-hydrogen) atoms. The molecule has 3 aromatic rings. The topological polar surface area (TPSA) is 141 Å². The van der Waals surface area contributed by atoms with Gasteiger partial charge in [-0.15, -0.1) is 15.3 Å². The Kier molecular flexibility index (Phi) is 3.78. The molecule has 0 saturated heterocycles. The minimum Gasteiger partial charge on any atom is -0.475 e. The van der Waals surface area contributed by atoms with Crippen LogP contribution in [0.1, 0.15) is 21.9 Å². The maximum absolute atomic E-state index is 12.4. The summed E-state index contributed by atoms with van der Waals surface area (Å²) in [5.41, 5.74) is 1.97. The average Bonchev–Trinajstić information content (AvgIpc) is 3.12. The van der Waals surface area contributed by atoms with E-state index in [2.05, 4.69) is 30.5 Å². The van der Waals surface area contributed by atoms with Crippen LogP contribution in [0.3, 0.4) is 0 Å². The molecule has 0 aliphatic carbocycles. The molecule has 0 unspecified atom stereocenters. The largest absolute Gasteiger partial charge is 0.475 e. The Labute approximate surface area is 134 Å². The van der Waals surface area contributed by atoms with Crippen LogP contribution in [0.25, 0.3) is 5.69 Å². The summed E-state index contributed by atoms with van der Waals surface area (Å²) in [6, 6.07) is 7.39. The molecule has 10 heteroatoms. The number of aromatic nitrogens is 5. The number of aromatic carboxylic acids is 1. The van der Waals surface area contributed by atoms with Crippen LogP contribution in [0.15, 0.2) is 39.3 Å². The third-order valence-corrected chi connectivity index (χ3v) is 3.25. The van der Waals surface area contributed by atoms with Gasteiger partial charge in [0, 0.05) is 0 Å². The molecule has 3 rings (SSSR count). The number of aromatic amines is 2. The van der Waals surface area contributed by atoms with Crippen LogP contribution in [-0.4, -0.2) is 36.0 Å². The number of benzene rings is 1. The summed E-state index contributed by atoms with van der Waals surface area (Å²) >= 11 is 0. The van der Waals surface area contributed by atoms with E-state index < -0.39 is 5.97 Å². The van der Waals surface area contributed by atoms with E-state index in [0.29, 0.717) is 11.4 Å². The maximum atomic E-state index is 12.4. The highest BCUT2D eigenvalue weighted by Gasteiger charge is 2.13. The van der Waals surface area contributed by atoms with Crippen molar-refractivity contribution in [2.75, 3.05) is 0 Å². The first kappa shape index (κ1) is 15.3. The standard InChI is InChI=1S/C14H13N7O3/c1-7-3-5-9(6-4-7)21-12(22)10(8(2)20-21)16-18-14-15-11(13(23)24)17-19-14/h3-6,20H,1-2H3,(H,23,24)(H,15,17,19). The van der Waals surface area contributed by atoms with E-state index in [9.17, 15) is 9.59 Å². The Morgan fingerprint density at radius 3 is 2.54 bits per heavy atom. The van der Waals surface area contributed by atoms with E-state index >= 15 is 0 Å². The van der Waals surface area contributed by atoms with Gasteiger partial charge in [-0.3, -0.25) is 15.0 Å². The van der Waals surface area contributed by atoms with Crippen LogP contribution in [0.5, 0.6) is 0 Å². The second-order valence-electron chi connectivity index (χ2n) is 5.05. The number of H-pyrrole nitrogens is 2. The van der Waals surface area contributed by atoms with Crippen LogP contribution in [0, 0.1) is 13.8 Å². The minimum absolute atomic E-state index is 0.0947. The van der Waals surface area contributed by atoms with E-state index in [-0.39, 0.29) is 23.0 Å². The third kappa shape index (κ3) is 2.84. The number of hydrogen-bond acceptors (Lipinski definition) is 6. The third-order valence-electron chi connectivity index (χ3n) is 3.25. The van der Waals surface area contributed by atoms with Crippen molar-refractivity contribution in [3.05, 3.63) is 51.7 Å². The molecule has 0 aliphatic heterocycles. The Bertz CT molecular complexity index is 979. The van der Waals surface area contributed by atoms with Crippen LogP contribution >= 0.6 is 0 Å². The quantitative estimate of drug-likeness (QED) is 0.628. The summed E-state index contributed by atoms with van der Waals surface area (Å²) in [6.45, 7) is 3.63. The highest BCUT2D eigenvalue weighted by molar-refractivity contribution is 5.83. The molecule has 0 aliphatic rings.